The zero-order chi connectivity index (χ0) is 13.0. The molecule has 2 aromatic carbocycles. The van der Waals surface area contributed by atoms with Gasteiger partial charge in [0.05, 0.1) is 5.69 Å². The van der Waals surface area contributed by atoms with Crippen LogP contribution in [-0.4, -0.2) is 6.54 Å². The van der Waals surface area contributed by atoms with Crippen molar-refractivity contribution in [1.82, 2.24) is 0 Å². The lowest BCUT2D eigenvalue weighted by Gasteiger charge is -2.12. The van der Waals surface area contributed by atoms with Crippen LogP contribution >= 0.6 is 0 Å². The van der Waals surface area contributed by atoms with Crippen LogP contribution in [0.25, 0.3) is 5.57 Å². The third-order valence-electron chi connectivity index (χ3n) is 2.88. The third kappa shape index (κ3) is 2.77. The molecule has 0 atom stereocenters. The van der Waals surface area contributed by atoms with Crippen LogP contribution in [0.5, 0.6) is 0 Å². The highest BCUT2D eigenvalue weighted by molar-refractivity contribution is 5.68. The van der Waals surface area contributed by atoms with E-state index >= 15 is 0 Å². The molecule has 2 rings (SSSR count). The van der Waals surface area contributed by atoms with Crippen LogP contribution in [0, 0.1) is 12.7 Å². The quantitative estimate of drug-likeness (QED) is 0.843. The zero-order valence-electron chi connectivity index (χ0n) is 10.4. The number of rotatable bonds is 4. The second-order valence-corrected chi connectivity index (χ2v) is 4.25. The minimum atomic E-state index is -0.226. The van der Waals surface area contributed by atoms with E-state index < -0.39 is 0 Å². The van der Waals surface area contributed by atoms with Gasteiger partial charge >= 0.3 is 0 Å². The van der Waals surface area contributed by atoms with E-state index in [1.165, 1.54) is 6.07 Å². The maximum atomic E-state index is 13.6. The van der Waals surface area contributed by atoms with Gasteiger partial charge in [-0.2, -0.15) is 0 Å². The second kappa shape index (κ2) is 5.50. The zero-order valence-corrected chi connectivity index (χ0v) is 10.4. The maximum absolute atomic E-state index is 13.6. The molecular formula is C16H16FN. The van der Waals surface area contributed by atoms with E-state index in [0.717, 1.165) is 16.7 Å². The Hall–Kier alpha value is -2.09. The molecule has 92 valence electrons. The molecule has 0 saturated heterocycles. The van der Waals surface area contributed by atoms with E-state index in [-0.39, 0.29) is 5.82 Å². The Morgan fingerprint density at radius 1 is 1.11 bits per heavy atom. The Morgan fingerprint density at radius 3 is 2.50 bits per heavy atom. The fourth-order valence-electron chi connectivity index (χ4n) is 1.83. The summed E-state index contributed by atoms with van der Waals surface area (Å²) < 4.78 is 13.6. The first-order chi connectivity index (χ1) is 8.68. The molecular weight excluding hydrogens is 225 g/mol. The van der Waals surface area contributed by atoms with Crippen LogP contribution in [0.4, 0.5) is 10.1 Å². The Morgan fingerprint density at radius 2 is 1.83 bits per heavy atom. The summed E-state index contributed by atoms with van der Waals surface area (Å²) in [5, 5.41) is 3.10. The SMILES string of the molecule is C=C(CNc1c(C)cccc1F)c1ccccc1. The van der Waals surface area contributed by atoms with E-state index in [4.69, 9.17) is 0 Å². The average molecular weight is 241 g/mol. The van der Waals surface area contributed by atoms with Gasteiger partial charge in [0, 0.05) is 6.54 Å². The largest absolute Gasteiger partial charge is 0.378 e. The summed E-state index contributed by atoms with van der Waals surface area (Å²) in [5.41, 5.74) is 3.46. The fraction of sp³-hybridized carbons (Fsp3) is 0.125. The maximum Gasteiger partial charge on any atom is 0.146 e. The number of nitrogens with one attached hydrogen (secondary N) is 1. The topological polar surface area (TPSA) is 12.0 Å². The lowest BCUT2D eigenvalue weighted by atomic mass is 10.1. The van der Waals surface area contributed by atoms with E-state index in [1.54, 1.807) is 6.07 Å². The molecule has 0 aliphatic heterocycles. The van der Waals surface area contributed by atoms with Gasteiger partial charge in [-0.25, -0.2) is 4.39 Å². The molecule has 2 aromatic rings. The van der Waals surface area contributed by atoms with Crippen molar-refractivity contribution in [3.63, 3.8) is 0 Å². The van der Waals surface area contributed by atoms with Gasteiger partial charge < -0.3 is 5.32 Å². The fourth-order valence-corrected chi connectivity index (χ4v) is 1.83. The van der Waals surface area contributed by atoms with Crippen molar-refractivity contribution in [3.05, 3.63) is 72.1 Å². The normalized spacial score (nSPS) is 10.1. The first kappa shape index (κ1) is 12.4. The van der Waals surface area contributed by atoms with Crippen molar-refractivity contribution in [2.45, 2.75) is 6.92 Å². The molecule has 0 amide bonds. The molecule has 0 radical (unpaired) electrons. The van der Waals surface area contributed by atoms with Gasteiger partial charge in [0.1, 0.15) is 5.82 Å². The smallest absolute Gasteiger partial charge is 0.146 e. The number of benzene rings is 2. The third-order valence-corrected chi connectivity index (χ3v) is 2.88. The van der Waals surface area contributed by atoms with Crippen LogP contribution in [0.3, 0.4) is 0 Å². The molecule has 18 heavy (non-hydrogen) atoms. The number of para-hydroxylation sites is 1. The molecule has 0 bridgehead atoms. The molecule has 0 heterocycles. The van der Waals surface area contributed by atoms with Crippen LogP contribution < -0.4 is 5.32 Å². The summed E-state index contributed by atoms with van der Waals surface area (Å²) in [4.78, 5) is 0. The number of hydrogen-bond donors (Lipinski definition) is 1. The second-order valence-electron chi connectivity index (χ2n) is 4.25. The van der Waals surface area contributed by atoms with Crippen molar-refractivity contribution in [2.75, 3.05) is 11.9 Å². The molecule has 0 aliphatic rings. The summed E-state index contributed by atoms with van der Waals surface area (Å²) in [6, 6.07) is 14.9. The van der Waals surface area contributed by atoms with Crippen LogP contribution in [0.1, 0.15) is 11.1 Å². The monoisotopic (exact) mass is 241 g/mol. The Kier molecular flexibility index (Phi) is 3.78. The van der Waals surface area contributed by atoms with Gasteiger partial charge in [-0.1, -0.05) is 49.0 Å². The van der Waals surface area contributed by atoms with Crippen molar-refractivity contribution in [1.29, 1.82) is 0 Å². The minimum absolute atomic E-state index is 0.226. The molecule has 0 unspecified atom stereocenters. The predicted octanol–water partition coefficient (Wildman–Crippen LogP) is 4.26. The molecule has 0 aromatic heterocycles. The summed E-state index contributed by atoms with van der Waals surface area (Å²) >= 11 is 0. The number of halogens is 1. The van der Waals surface area contributed by atoms with E-state index in [0.29, 0.717) is 12.2 Å². The van der Waals surface area contributed by atoms with Gasteiger partial charge in [-0.15, -0.1) is 0 Å². The lowest BCUT2D eigenvalue weighted by molar-refractivity contribution is 0.630. The predicted molar refractivity (Wildman–Crippen MR) is 75.1 cm³/mol. The van der Waals surface area contributed by atoms with Crippen LogP contribution in [0.15, 0.2) is 55.1 Å². The first-order valence-corrected chi connectivity index (χ1v) is 5.90. The molecule has 0 aliphatic carbocycles. The van der Waals surface area contributed by atoms with Gasteiger partial charge in [0.2, 0.25) is 0 Å². The van der Waals surface area contributed by atoms with E-state index in [9.17, 15) is 4.39 Å². The summed E-state index contributed by atoms with van der Waals surface area (Å²) in [5.74, 6) is -0.226. The molecule has 2 heteroatoms. The number of hydrogen-bond acceptors (Lipinski definition) is 1. The highest BCUT2D eigenvalue weighted by Crippen LogP contribution is 2.20. The van der Waals surface area contributed by atoms with Crippen LogP contribution in [-0.2, 0) is 0 Å². The lowest BCUT2D eigenvalue weighted by Crippen LogP contribution is -2.06. The van der Waals surface area contributed by atoms with E-state index in [2.05, 4.69) is 11.9 Å². The molecule has 0 saturated carbocycles. The standard InChI is InChI=1S/C16H16FN/c1-12-7-6-10-15(17)16(12)18-11-13(2)14-8-4-3-5-9-14/h3-10,18H,2,11H2,1H3. The van der Waals surface area contributed by atoms with Crippen LogP contribution in [0.2, 0.25) is 0 Å². The van der Waals surface area contributed by atoms with Crippen molar-refractivity contribution >= 4 is 11.3 Å². The summed E-state index contributed by atoms with van der Waals surface area (Å²) in [7, 11) is 0. The molecule has 0 fully saturated rings. The van der Waals surface area contributed by atoms with E-state index in [1.807, 2.05) is 43.3 Å². The minimum Gasteiger partial charge on any atom is -0.378 e. The van der Waals surface area contributed by atoms with Gasteiger partial charge in [-0.3, -0.25) is 0 Å². The van der Waals surface area contributed by atoms with Crippen molar-refractivity contribution in [3.8, 4) is 0 Å². The Balaban J connectivity index is 2.07. The van der Waals surface area contributed by atoms with Gasteiger partial charge in [0.15, 0.2) is 0 Å². The van der Waals surface area contributed by atoms with Crippen molar-refractivity contribution in [2.24, 2.45) is 0 Å². The number of aryl methyl sites for hydroxylation is 1. The highest BCUT2D eigenvalue weighted by atomic mass is 19.1. The summed E-state index contributed by atoms with van der Waals surface area (Å²) in [6.45, 7) is 6.43. The molecule has 0 spiro atoms. The molecule has 1 N–H and O–H groups in total. The van der Waals surface area contributed by atoms with Crippen molar-refractivity contribution < 1.29 is 4.39 Å². The molecule has 1 nitrogen and oxygen atoms in total. The number of anilines is 1. The Bertz CT molecular complexity index is 526. The summed E-state index contributed by atoms with van der Waals surface area (Å²) in [6.07, 6.45) is 0. The first-order valence-electron chi connectivity index (χ1n) is 5.90. The van der Waals surface area contributed by atoms with Gasteiger partial charge in [0.25, 0.3) is 0 Å². The Labute approximate surface area is 107 Å². The van der Waals surface area contributed by atoms with Gasteiger partial charge in [-0.05, 0) is 29.7 Å². The highest BCUT2D eigenvalue weighted by Gasteiger charge is 2.05. The average Bonchev–Trinajstić information content (AvgIpc) is 2.39.